The molecule has 0 unspecified atom stereocenters. The third-order valence-corrected chi connectivity index (χ3v) is 6.57. The Hall–Kier alpha value is -4.27. The number of para-hydroxylation sites is 1. The number of hydrogen-bond donors (Lipinski definition) is 2. The maximum absolute atomic E-state index is 13.7. The summed E-state index contributed by atoms with van der Waals surface area (Å²) in [5, 5.41) is 18.8. The molecule has 0 bridgehead atoms. The predicted molar refractivity (Wildman–Crippen MR) is 140 cm³/mol. The number of aliphatic hydroxyl groups is 2. The Labute approximate surface area is 215 Å². The number of aromatic nitrogens is 2. The molecule has 1 aliphatic heterocycles. The van der Waals surface area contributed by atoms with E-state index in [1.54, 1.807) is 23.2 Å². The number of nitrogens with zero attached hydrogens (tertiary/aromatic N) is 4. The molecule has 0 aliphatic carbocycles. The maximum Gasteiger partial charge on any atom is 0.270 e. The first-order valence-corrected chi connectivity index (χ1v) is 12.2. The van der Waals surface area contributed by atoms with E-state index in [4.69, 9.17) is 0 Å². The van der Waals surface area contributed by atoms with E-state index in [-0.39, 0.29) is 44.7 Å². The molecule has 0 saturated heterocycles. The van der Waals surface area contributed by atoms with Crippen LogP contribution in [0.25, 0.3) is 11.3 Å². The van der Waals surface area contributed by atoms with Crippen LogP contribution in [0, 0.1) is 0 Å². The summed E-state index contributed by atoms with van der Waals surface area (Å²) in [6.45, 7) is 0.577. The van der Waals surface area contributed by atoms with E-state index in [1.807, 2.05) is 71.3 Å². The first-order chi connectivity index (χ1) is 18.1. The SMILES string of the molecule is O=C(c1ccc2n1Cc1ccccc1N(C(=O)c1ccc(-c3ccccc3)nc1)C2)N(CCO)CCO. The molecule has 8 nitrogen and oxygen atoms in total. The zero-order valence-corrected chi connectivity index (χ0v) is 20.3. The minimum atomic E-state index is -0.271. The fourth-order valence-electron chi connectivity index (χ4n) is 4.70. The average molecular weight is 497 g/mol. The van der Waals surface area contributed by atoms with Gasteiger partial charge in [0.05, 0.1) is 37.6 Å². The smallest absolute Gasteiger partial charge is 0.270 e. The number of anilines is 1. The van der Waals surface area contributed by atoms with Gasteiger partial charge in [0.1, 0.15) is 5.69 Å². The Morgan fingerprint density at radius 2 is 1.57 bits per heavy atom. The van der Waals surface area contributed by atoms with Crippen molar-refractivity contribution in [1.82, 2.24) is 14.5 Å². The van der Waals surface area contributed by atoms with Crippen LogP contribution in [0.5, 0.6) is 0 Å². The third kappa shape index (κ3) is 4.89. The number of hydrogen-bond acceptors (Lipinski definition) is 5. The molecule has 5 rings (SSSR count). The molecule has 0 saturated carbocycles. The summed E-state index contributed by atoms with van der Waals surface area (Å²) >= 11 is 0. The van der Waals surface area contributed by atoms with Crippen molar-refractivity contribution in [3.8, 4) is 11.3 Å². The zero-order valence-electron chi connectivity index (χ0n) is 20.3. The van der Waals surface area contributed by atoms with Crippen LogP contribution < -0.4 is 4.90 Å². The lowest BCUT2D eigenvalue weighted by Gasteiger charge is -2.22. The van der Waals surface area contributed by atoms with Gasteiger partial charge in [0.2, 0.25) is 0 Å². The lowest BCUT2D eigenvalue weighted by molar-refractivity contribution is 0.0674. The number of carbonyl (C=O) groups is 2. The van der Waals surface area contributed by atoms with E-state index >= 15 is 0 Å². The van der Waals surface area contributed by atoms with Crippen molar-refractivity contribution in [2.75, 3.05) is 31.2 Å². The molecular weight excluding hydrogens is 468 g/mol. The van der Waals surface area contributed by atoms with Crippen molar-refractivity contribution in [3.63, 3.8) is 0 Å². The number of benzene rings is 2. The highest BCUT2D eigenvalue weighted by Gasteiger charge is 2.28. The summed E-state index contributed by atoms with van der Waals surface area (Å²) in [5.74, 6) is -0.448. The molecule has 188 valence electrons. The van der Waals surface area contributed by atoms with Gasteiger partial charge in [-0.25, -0.2) is 0 Å². The molecule has 2 aromatic heterocycles. The molecular formula is C29H28N4O4. The molecule has 37 heavy (non-hydrogen) atoms. The average Bonchev–Trinajstić information content (AvgIpc) is 3.25. The first kappa shape index (κ1) is 24.4. The van der Waals surface area contributed by atoms with Crippen molar-refractivity contribution in [3.05, 3.63) is 108 Å². The first-order valence-electron chi connectivity index (χ1n) is 12.2. The number of pyridine rings is 1. The summed E-state index contributed by atoms with van der Waals surface area (Å²) in [6, 6.07) is 24.7. The van der Waals surface area contributed by atoms with Gasteiger partial charge in [0.15, 0.2) is 0 Å². The number of carbonyl (C=O) groups excluding carboxylic acids is 2. The molecule has 0 radical (unpaired) electrons. The lowest BCUT2D eigenvalue weighted by atomic mass is 10.1. The normalized spacial score (nSPS) is 12.4. The Kier molecular flexibility index (Phi) is 7.11. The van der Waals surface area contributed by atoms with Gasteiger partial charge < -0.3 is 24.6 Å². The van der Waals surface area contributed by atoms with Crippen LogP contribution in [-0.2, 0) is 13.1 Å². The molecule has 2 aromatic carbocycles. The third-order valence-electron chi connectivity index (χ3n) is 6.57. The second kappa shape index (κ2) is 10.8. The van der Waals surface area contributed by atoms with E-state index in [1.165, 1.54) is 4.90 Å². The Bertz CT molecular complexity index is 1390. The van der Waals surface area contributed by atoms with Crippen LogP contribution in [-0.4, -0.2) is 62.8 Å². The number of aliphatic hydroxyl groups excluding tert-OH is 2. The second-order valence-electron chi connectivity index (χ2n) is 8.85. The summed E-state index contributed by atoms with van der Waals surface area (Å²) in [4.78, 5) is 34.7. The van der Waals surface area contributed by atoms with Gasteiger partial charge in [-0.05, 0) is 35.9 Å². The Morgan fingerprint density at radius 1 is 0.838 bits per heavy atom. The summed E-state index contributed by atoms with van der Waals surface area (Å²) in [6.07, 6.45) is 1.60. The van der Waals surface area contributed by atoms with Gasteiger partial charge in [-0.1, -0.05) is 48.5 Å². The molecule has 4 aromatic rings. The molecule has 0 atom stereocenters. The van der Waals surface area contributed by atoms with Crippen molar-refractivity contribution >= 4 is 17.5 Å². The highest BCUT2D eigenvalue weighted by molar-refractivity contribution is 6.06. The maximum atomic E-state index is 13.7. The molecule has 1 aliphatic rings. The topological polar surface area (TPSA) is 98.9 Å². The second-order valence-corrected chi connectivity index (χ2v) is 8.85. The van der Waals surface area contributed by atoms with Gasteiger partial charge in [-0.3, -0.25) is 14.6 Å². The van der Waals surface area contributed by atoms with Crippen LogP contribution in [0.3, 0.4) is 0 Å². The highest BCUT2D eigenvalue weighted by atomic mass is 16.3. The molecule has 0 fully saturated rings. The molecule has 3 heterocycles. The standard InChI is InChI=1S/C29H28N4O4/c34-16-14-31(15-17-35)29(37)27-13-11-24-20-33(26-9-5-4-8-23(26)19-32(24)27)28(36)22-10-12-25(30-18-22)21-6-2-1-3-7-21/h1-13,18,34-35H,14-17,19-20H2. The molecule has 2 N–H and O–H groups in total. The summed E-state index contributed by atoms with van der Waals surface area (Å²) in [5.41, 5.74) is 5.20. The number of fused-ring (bicyclic) bond motifs is 2. The van der Waals surface area contributed by atoms with Crippen LogP contribution >= 0.6 is 0 Å². The number of rotatable bonds is 7. The van der Waals surface area contributed by atoms with Crippen LogP contribution in [0.1, 0.15) is 32.1 Å². The lowest BCUT2D eigenvalue weighted by Crippen LogP contribution is -2.37. The summed E-state index contributed by atoms with van der Waals surface area (Å²) < 4.78 is 1.91. The van der Waals surface area contributed by atoms with E-state index in [9.17, 15) is 19.8 Å². The Morgan fingerprint density at radius 3 is 2.27 bits per heavy atom. The van der Waals surface area contributed by atoms with Gasteiger partial charge in [-0.2, -0.15) is 0 Å². The van der Waals surface area contributed by atoms with Crippen molar-refractivity contribution in [2.45, 2.75) is 13.1 Å². The minimum Gasteiger partial charge on any atom is -0.395 e. The molecule has 8 heteroatoms. The quantitative estimate of drug-likeness (QED) is 0.410. The van der Waals surface area contributed by atoms with Crippen molar-refractivity contribution in [2.24, 2.45) is 0 Å². The fraction of sp³-hybridized carbons (Fsp3) is 0.207. The van der Waals surface area contributed by atoms with E-state index in [2.05, 4.69) is 4.98 Å². The van der Waals surface area contributed by atoms with Crippen LogP contribution in [0.2, 0.25) is 0 Å². The highest BCUT2D eigenvalue weighted by Crippen LogP contribution is 2.31. The van der Waals surface area contributed by atoms with Crippen molar-refractivity contribution in [1.29, 1.82) is 0 Å². The van der Waals surface area contributed by atoms with Gasteiger partial charge in [0, 0.05) is 36.2 Å². The van der Waals surface area contributed by atoms with Crippen molar-refractivity contribution < 1.29 is 19.8 Å². The number of amides is 2. The van der Waals surface area contributed by atoms with E-state index < -0.39 is 0 Å². The molecule has 2 amide bonds. The van der Waals surface area contributed by atoms with Gasteiger partial charge in [0.25, 0.3) is 11.8 Å². The van der Waals surface area contributed by atoms with E-state index in [0.29, 0.717) is 17.8 Å². The zero-order chi connectivity index (χ0) is 25.8. The monoisotopic (exact) mass is 496 g/mol. The fourth-order valence-corrected chi connectivity index (χ4v) is 4.70. The largest absolute Gasteiger partial charge is 0.395 e. The molecule has 0 spiro atoms. The van der Waals surface area contributed by atoms with E-state index in [0.717, 1.165) is 28.2 Å². The summed E-state index contributed by atoms with van der Waals surface area (Å²) in [7, 11) is 0. The van der Waals surface area contributed by atoms with Gasteiger partial charge in [-0.15, -0.1) is 0 Å². The minimum absolute atomic E-state index is 0.132. The van der Waals surface area contributed by atoms with Gasteiger partial charge >= 0.3 is 0 Å². The Balaban J connectivity index is 1.48. The predicted octanol–water partition coefficient (Wildman–Crippen LogP) is 3.19. The van der Waals surface area contributed by atoms with Crippen LogP contribution in [0.4, 0.5) is 5.69 Å². The van der Waals surface area contributed by atoms with Crippen LogP contribution in [0.15, 0.2) is 85.1 Å².